The Labute approximate surface area is 237 Å². The summed E-state index contributed by atoms with van der Waals surface area (Å²) in [5, 5.41) is 5.39. The number of primary amides is 1. The third-order valence-electron chi connectivity index (χ3n) is 6.23. The van der Waals surface area contributed by atoms with Crippen LogP contribution < -0.4 is 17.0 Å². The predicted molar refractivity (Wildman–Crippen MR) is 163 cm³/mol. The number of benzene rings is 2. The van der Waals surface area contributed by atoms with Crippen molar-refractivity contribution in [2.24, 2.45) is 24.8 Å². The monoisotopic (exact) mass is 546 g/mol. The molecule has 3 heterocycles. The molecule has 0 fully saturated rings. The first kappa shape index (κ1) is 28.3. The van der Waals surface area contributed by atoms with Crippen molar-refractivity contribution in [3.05, 3.63) is 113 Å². The van der Waals surface area contributed by atoms with E-state index in [4.69, 9.17) is 11.5 Å². The maximum atomic E-state index is 13.4. The molecule has 10 nitrogen and oxygen atoms in total. The second kappa shape index (κ2) is 12.4. The van der Waals surface area contributed by atoms with E-state index in [-0.39, 0.29) is 16.9 Å². The topological polar surface area (TPSA) is 139 Å². The molecule has 2 aromatic carbocycles. The molecule has 0 bridgehead atoms. The average Bonchev–Trinajstić information content (AvgIpc) is 3.51. The summed E-state index contributed by atoms with van der Waals surface area (Å²) >= 11 is 0. The number of carbonyl (C=O) groups excluding carboxylic acids is 1. The van der Waals surface area contributed by atoms with Crippen LogP contribution in [0.15, 0.2) is 89.6 Å². The molecule has 0 aliphatic carbocycles. The van der Waals surface area contributed by atoms with Crippen LogP contribution in [0.3, 0.4) is 0 Å². The van der Waals surface area contributed by atoms with Crippen molar-refractivity contribution in [2.75, 3.05) is 5.73 Å². The molecule has 0 unspecified atom stereocenters. The van der Waals surface area contributed by atoms with Gasteiger partial charge in [-0.2, -0.15) is 5.10 Å². The number of rotatable bonds is 5. The van der Waals surface area contributed by atoms with Crippen molar-refractivity contribution >= 4 is 34.5 Å². The van der Waals surface area contributed by atoms with E-state index in [2.05, 4.69) is 46.5 Å². The van der Waals surface area contributed by atoms with Crippen molar-refractivity contribution in [1.82, 2.24) is 23.9 Å². The van der Waals surface area contributed by atoms with Gasteiger partial charge in [0, 0.05) is 37.3 Å². The fraction of sp³-hybridized carbons (Fsp3) is 0.129. The molecular weight excluding hydrogens is 516 g/mol. The number of fused-ring (bicyclic) bond motifs is 1. The summed E-state index contributed by atoms with van der Waals surface area (Å²) in [5.41, 5.74) is 14.1. The highest BCUT2D eigenvalue weighted by Gasteiger charge is 2.17. The Bertz CT molecular complexity index is 1880. The second-order valence-corrected chi connectivity index (χ2v) is 8.96. The van der Waals surface area contributed by atoms with Crippen LogP contribution in [-0.4, -0.2) is 36.0 Å². The Morgan fingerprint density at radius 2 is 1.88 bits per heavy atom. The first-order valence-corrected chi connectivity index (χ1v) is 12.8. The lowest BCUT2D eigenvalue weighted by atomic mass is 10.0. The molecule has 1 amide bonds. The second-order valence-electron chi connectivity index (χ2n) is 8.96. The van der Waals surface area contributed by atoms with Crippen molar-refractivity contribution in [2.45, 2.75) is 13.3 Å². The number of aliphatic imine (C=N–C) groups is 1. The lowest BCUT2D eigenvalue weighted by Crippen LogP contribution is -2.22. The zero-order valence-corrected chi connectivity index (χ0v) is 23.1. The zero-order chi connectivity index (χ0) is 29.5. The highest BCUT2D eigenvalue weighted by molar-refractivity contribution is 6.02. The van der Waals surface area contributed by atoms with E-state index in [1.165, 1.54) is 17.0 Å². The van der Waals surface area contributed by atoms with Crippen LogP contribution >= 0.6 is 0 Å². The Morgan fingerprint density at radius 3 is 2.51 bits per heavy atom. The first-order valence-electron chi connectivity index (χ1n) is 12.8. The number of amides is 1. The molecule has 0 aliphatic rings. The average molecular weight is 547 g/mol. The molecule has 41 heavy (non-hydrogen) atoms. The molecule has 4 N–H and O–H groups in total. The number of allylic oxidation sites excluding steroid dienone is 1. The minimum absolute atomic E-state index is 0.0366. The summed E-state index contributed by atoms with van der Waals surface area (Å²) in [7, 11) is 3.52. The number of carbonyl (C=O) groups is 1. The van der Waals surface area contributed by atoms with Crippen molar-refractivity contribution in [1.29, 1.82) is 0 Å². The van der Waals surface area contributed by atoms with Gasteiger partial charge in [-0.25, -0.2) is 14.7 Å². The number of para-hydroxylation sites is 1. The van der Waals surface area contributed by atoms with E-state index in [0.29, 0.717) is 11.2 Å². The van der Waals surface area contributed by atoms with Crippen LogP contribution in [0.2, 0.25) is 0 Å². The van der Waals surface area contributed by atoms with Crippen LogP contribution in [0.5, 0.6) is 0 Å². The Morgan fingerprint density at radius 1 is 1.12 bits per heavy atom. The third-order valence-corrected chi connectivity index (χ3v) is 6.23. The molecule has 0 spiro atoms. The van der Waals surface area contributed by atoms with Crippen LogP contribution in [0, 0.1) is 11.8 Å². The number of imidazole rings is 1. The van der Waals surface area contributed by atoms with Gasteiger partial charge >= 0.3 is 0 Å². The first-order chi connectivity index (χ1) is 19.8. The third kappa shape index (κ3) is 5.99. The van der Waals surface area contributed by atoms with Crippen LogP contribution in [0.25, 0.3) is 16.5 Å². The molecule has 0 atom stereocenters. The lowest BCUT2D eigenvalue weighted by molar-refractivity contribution is 0.100. The fourth-order valence-corrected chi connectivity index (χ4v) is 4.29. The lowest BCUT2D eigenvalue weighted by Gasteiger charge is -2.14. The molecule has 206 valence electrons. The van der Waals surface area contributed by atoms with Crippen molar-refractivity contribution in [3.8, 4) is 17.5 Å². The Balaban J connectivity index is 0.000000234. The Hall–Kier alpha value is -5.69. The van der Waals surface area contributed by atoms with Gasteiger partial charge in [0.2, 0.25) is 0 Å². The van der Waals surface area contributed by atoms with E-state index in [9.17, 15) is 9.59 Å². The van der Waals surface area contributed by atoms with Gasteiger partial charge in [0.1, 0.15) is 11.3 Å². The van der Waals surface area contributed by atoms with E-state index in [1.54, 1.807) is 24.1 Å². The quantitative estimate of drug-likeness (QED) is 0.256. The Kier molecular flexibility index (Phi) is 8.60. The number of aryl methyl sites for hydroxylation is 3. The normalized spacial score (nSPS) is 10.6. The van der Waals surface area contributed by atoms with Crippen molar-refractivity contribution < 1.29 is 4.79 Å². The number of nitrogens with zero attached hydrogens (tertiary/aromatic N) is 6. The number of hydrogen-bond donors (Lipinski definition) is 2. The molecule has 5 rings (SSSR count). The van der Waals surface area contributed by atoms with Gasteiger partial charge in [-0.05, 0) is 42.0 Å². The molecule has 10 heteroatoms. The van der Waals surface area contributed by atoms with Gasteiger partial charge in [-0.3, -0.25) is 14.2 Å². The van der Waals surface area contributed by atoms with Gasteiger partial charge in [-0.15, -0.1) is 0 Å². The summed E-state index contributed by atoms with van der Waals surface area (Å²) < 4.78 is 5.03. The van der Waals surface area contributed by atoms with Gasteiger partial charge in [0.15, 0.2) is 11.6 Å². The molecule has 3 aromatic heterocycles. The van der Waals surface area contributed by atoms with Crippen molar-refractivity contribution in [3.63, 3.8) is 0 Å². The van der Waals surface area contributed by atoms with Crippen LogP contribution in [0.1, 0.15) is 34.2 Å². The summed E-state index contributed by atoms with van der Waals surface area (Å²) in [5.74, 6) is 6.04. The van der Waals surface area contributed by atoms with E-state index < -0.39 is 5.91 Å². The predicted octanol–water partition coefficient (Wildman–Crippen LogP) is 3.68. The molecule has 0 radical (unpaired) electrons. The molecule has 0 aliphatic heterocycles. The largest absolute Gasteiger partial charge is 0.381 e. The molecule has 0 saturated carbocycles. The maximum absolute atomic E-state index is 13.4. The summed E-state index contributed by atoms with van der Waals surface area (Å²) in [6.45, 7) is 5.52. The highest BCUT2D eigenvalue weighted by Crippen LogP contribution is 2.23. The number of aromatic nitrogens is 5. The maximum Gasteiger partial charge on any atom is 0.264 e. The van der Waals surface area contributed by atoms with E-state index >= 15 is 0 Å². The van der Waals surface area contributed by atoms with Gasteiger partial charge in [0.25, 0.3) is 11.5 Å². The minimum Gasteiger partial charge on any atom is -0.381 e. The molecule has 5 aromatic rings. The van der Waals surface area contributed by atoms with Gasteiger partial charge in [0.05, 0.1) is 17.9 Å². The number of anilines is 1. The number of pyridine rings is 1. The fourth-order valence-electron chi connectivity index (χ4n) is 4.29. The SMILES string of the molecule is C=C/C=N\c1c(C(N)=O)c(N)nn1C.CCc1cc2cccc(C#Cc3cncn3C)c2c(=O)n1-c1ccccc1. The van der Waals surface area contributed by atoms with Crippen LogP contribution in [-0.2, 0) is 20.5 Å². The van der Waals surface area contributed by atoms with E-state index in [0.717, 1.165) is 34.4 Å². The molecule has 0 saturated heterocycles. The van der Waals surface area contributed by atoms with Gasteiger partial charge < -0.3 is 16.0 Å². The number of nitrogen functional groups attached to an aromatic ring is 1. The summed E-state index contributed by atoms with van der Waals surface area (Å²) in [6.07, 6.45) is 7.11. The summed E-state index contributed by atoms with van der Waals surface area (Å²) in [6, 6.07) is 17.6. The number of nitrogens with two attached hydrogens (primary N) is 2. The smallest absolute Gasteiger partial charge is 0.264 e. The molecular formula is C31H30N8O2. The van der Waals surface area contributed by atoms with Gasteiger partial charge in [-0.1, -0.05) is 55.8 Å². The number of hydrogen-bond acceptors (Lipinski definition) is 6. The van der Waals surface area contributed by atoms with E-state index in [1.807, 2.05) is 60.1 Å². The standard InChI is InChI=1S/C23H19N3O.C8H11N5O/c1-3-19-14-18-9-7-8-17(12-13-21-15-24-16-25(21)2)22(18)23(27)26(19)20-10-5-4-6-11-20;1-3-4-11-8-5(7(10)14)6(9)12-13(8)2/h4-11,14-16H,3H2,1-2H3;3-4H,1H2,2H3,(H2,9,12)(H2,10,14)/b;11-4-. The zero-order valence-electron chi connectivity index (χ0n) is 23.1. The van der Waals surface area contributed by atoms with Crippen LogP contribution in [0.4, 0.5) is 11.6 Å². The highest BCUT2D eigenvalue weighted by atomic mass is 16.1. The summed E-state index contributed by atoms with van der Waals surface area (Å²) in [4.78, 5) is 32.5. The minimum atomic E-state index is -0.646.